The molecule has 0 saturated carbocycles. The highest BCUT2D eigenvalue weighted by Crippen LogP contribution is 2.41. The van der Waals surface area contributed by atoms with E-state index in [1.54, 1.807) is 31.2 Å². The smallest absolute Gasteiger partial charge is 0.296 e. The zero-order chi connectivity index (χ0) is 21.9. The number of aromatic nitrogens is 1. The molecule has 2 aromatic carbocycles. The van der Waals surface area contributed by atoms with Gasteiger partial charge in [0.05, 0.1) is 21.9 Å². The molecule has 1 amide bonds. The van der Waals surface area contributed by atoms with Gasteiger partial charge in [-0.3, -0.25) is 24.6 Å². The van der Waals surface area contributed by atoms with E-state index in [2.05, 4.69) is 21.1 Å². The van der Waals surface area contributed by atoms with Crippen LogP contribution in [-0.4, -0.2) is 16.0 Å². The van der Waals surface area contributed by atoms with Crippen LogP contribution in [0.2, 0.25) is 0 Å². The van der Waals surface area contributed by atoms with Crippen LogP contribution in [0.25, 0.3) is 11.0 Å². The van der Waals surface area contributed by atoms with E-state index in [1.165, 1.54) is 29.2 Å². The highest BCUT2D eigenvalue weighted by atomic mass is 79.9. The van der Waals surface area contributed by atoms with Crippen LogP contribution >= 0.6 is 15.9 Å². The summed E-state index contributed by atoms with van der Waals surface area (Å²) < 4.78 is 11.7. The first-order chi connectivity index (χ1) is 14.8. The van der Waals surface area contributed by atoms with Crippen LogP contribution in [0, 0.1) is 17.0 Å². The van der Waals surface area contributed by atoms with Gasteiger partial charge in [-0.2, -0.15) is 0 Å². The zero-order valence-corrected chi connectivity index (χ0v) is 17.5. The van der Waals surface area contributed by atoms with Crippen molar-refractivity contribution in [3.05, 3.63) is 96.0 Å². The Labute approximate surface area is 182 Å². The Kier molecular flexibility index (Phi) is 4.26. The van der Waals surface area contributed by atoms with Crippen molar-refractivity contribution >= 4 is 44.3 Å². The van der Waals surface area contributed by atoms with Gasteiger partial charge >= 0.3 is 0 Å². The minimum absolute atomic E-state index is 0.0937. The van der Waals surface area contributed by atoms with Crippen molar-refractivity contribution in [1.29, 1.82) is 0 Å². The summed E-state index contributed by atoms with van der Waals surface area (Å²) in [5.41, 5.74) is 0.453. The second kappa shape index (κ2) is 6.88. The first kappa shape index (κ1) is 19.2. The number of non-ortho nitro benzene ring substituents is 1. The summed E-state index contributed by atoms with van der Waals surface area (Å²) in [7, 11) is 0. The molecule has 0 N–H and O–H groups in total. The third kappa shape index (κ3) is 2.95. The monoisotopic (exact) mass is 481 g/mol. The molecule has 0 aliphatic carbocycles. The van der Waals surface area contributed by atoms with E-state index in [0.717, 1.165) is 0 Å². The largest absolute Gasteiger partial charge is 0.450 e. The standard InChI is InChI=1S/C21H12BrN3O6/c1-10-8-16(23-31-10)24-18(11-2-5-13(6-3-11)25(28)29)17-19(26)14-9-12(22)4-7-15(14)30-20(17)21(24)27/h2-9,18H,1H3. The van der Waals surface area contributed by atoms with Gasteiger partial charge in [0.2, 0.25) is 5.76 Å². The molecular weight excluding hydrogens is 470 g/mol. The molecule has 5 rings (SSSR count). The number of hydrogen-bond donors (Lipinski definition) is 0. The quantitative estimate of drug-likeness (QED) is 0.311. The van der Waals surface area contributed by atoms with Gasteiger partial charge in [-0.15, -0.1) is 0 Å². The lowest BCUT2D eigenvalue weighted by atomic mass is 9.98. The highest BCUT2D eigenvalue weighted by Gasteiger charge is 2.45. The van der Waals surface area contributed by atoms with Crippen molar-refractivity contribution in [3.8, 4) is 0 Å². The summed E-state index contributed by atoms with van der Waals surface area (Å²) in [4.78, 5) is 38.6. The van der Waals surface area contributed by atoms with Crippen LogP contribution in [0.4, 0.5) is 11.5 Å². The fourth-order valence-electron chi connectivity index (χ4n) is 3.74. The molecule has 0 spiro atoms. The van der Waals surface area contributed by atoms with Gasteiger partial charge in [-0.25, -0.2) is 0 Å². The highest BCUT2D eigenvalue weighted by molar-refractivity contribution is 9.10. The average Bonchev–Trinajstić information content (AvgIpc) is 3.30. The Hall–Kier alpha value is -3.79. The number of carbonyl (C=O) groups is 1. The lowest BCUT2D eigenvalue weighted by molar-refractivity contribution is -0.384. The fraction of sp³-hybridized carbons (Fsp3) is 0.0952. The lowest BCUT2D eigenvalue weighted by Crippen LogP contribution is -2.29. The third-order valence-corrected chi connectivity index (χ3v) is 5.61. The molecule has 154 valence electrons. The Morgan fingerprint density at radius 1 is 1.13 bits per heavy atom. The Bertz CT molecular complexity index is 1440. The molecule has 1 aliphatic heterocycles. The average molecular weight is 482 g/mol. The summed E-state index contributed by atoms with van der Waals surface area (Å²) in [5, 5.41) is 15.3. The molecule has 0 radical (unpaired) electrons. The molecule has 0 fully saturated rings. The lowest BCUT2D eigenvalue weighted by Gasteiger charge is -2.22. The molecule has 0 bridgehead atoms. The molecule has 1 unspecified atom stereocenters. The number of nitro groups is 1. The molecule has 31 heavy (non-hydrogen) atoms. The molecule has 10 heteroatoms. The van der Waals surface area contributed by atoms with E-state index >= 15 is 0 Å². The van der Waals surface area contributed by atoms with Crippen LogP contribution in [0.3, 0.4) is 0 Å². The SMILES string of the molecule is Cc1cc(N2C(=O)c3oc4ccc(Br)cc4c(=O)c3C2c2ccc([N+](=O)[O-])cc2)no1. The minimum Gasteiger partial charge on any atom is -0.450 e. The number of anilines is 1. The Morgan fingerprint density at radius 3 is 2.52 bits per heavy atom. The van der Waals surface area contributed by atoms with Crippen molar-refractivity contribution in [2.75, 3.05) is 4.90 Å². The first-order valence-corrected chi connectivity index (χ1v) is 9.92. The van der Waals surface area contributed by atoms with E-state index in [4.69, 9.17) is 8.94 Å². The molecular formula is C21H12BrN3O6. The van der Waals surface area contributed by atoms with Crippen LogP contribution in [0.5, 0.6) is 0 Å². The fourth-order valence-corrected chi connectivity index (χ4v) is 4.10. The van der Waals surface area contributed by atoms with Crippen LogP contribution in [0.1, 0.15) is 33.5 Å². The molecule has 9 nitrogen and oxygen atoms in total. The Balaban J connectivity index is 1.79. The number of rotatable bonds is 3. The number of nitrogens with zero attached hydrogens (tertiary/aromatic N) is 3. The van der Waals surface area contributed by atoms with Crippen molar-refractivity contribution in [3.63, 3.8) is 0 Å². The predicted molar refractivity (Wildman–Crippen MR) is 113 cm³/mol. The number of carbonyl (C=O) groups excluding carboxylic acids is 1. The summed E-state index contributed by atoms with van der Waals surface area (Å²) in [6.07, 6.45) is 0. The first-order valence-electron chi connectivity index (χ1n) is 9.12. The maximum absolute atomic E-state index is 13.4. The molecule has 0 saturated heterocycles. The van der Waals surface area contributed by atoms with Crippen LogP contribution < -0.4 is 10.3 Å². The van der Waals surface area contributed by atoms with Crippen molar-refractivity contribution < 1.29 is 18.7 Å². The number of amides is 1. The maximum atomic E-state index is 13.4. The van der Waals surface area contributed by atoms with Gasteiger partial charge in [-0.1, -0.05) is 21.1 Å². The molecule has 1 atom stereocenters. The number of aryl methyl sites for hydroxylation is 1. The maximum Gasteiger partial charge on any atom is 0.296 e. The third-order valence-electron chi connectivity index (χ3n) is 5.11. The number of fused-ring (bicyclic) bond motifs is 2. The van der Waals surface area contributed by atoms with E-state index < -0.39 is 16.9 Å². The van der Waals surface area contributed by atoms with Gasteiger partial charge in [0.1, 0.15) is 11.3 Å². The Morgan fingerprint density at radius 2 is 1.87 bits per heavy atom. The topological polar surface area (TPSA) is 120 Å². The molecule has 1 aliphatic rings. The number of halogens is 1. The number of nitro benzene ring substituents is 1. The summed E-state index contributed by atoms with van der Waals surface area (Å²) in [6, 6.07) is 11.3. The van der Waals surface area contributed by atoms with Crippen LogP contribution in [-0.2, 0) is 0 Å². The second-order valence-electron chi connectivity index (χ2n) is 7.04. The van der Waals surface area contributed by atoms with E-state index in [-0.39, 0.29) is 33.8 Å². The molecule has 3 heterocycles. The molecule has 4 aromatic rings. The van der Waals surface area contributed by atoms with Gasteiger partial charge in [0.25, 0.3) is 11.6 Å². The van der Waals surface area contributed by atoms with E-state index in [0.29, 0.717) is 21.2 Å². The summed E-state index contributed by atoms with van der Waals surface area (Å²) in [5.74, 6) is 0.0499. The number of hydrogen-bond acceptors (Lipinski definition) is 7. The van der Waals surface area contributed by atoms with Crippen molar-refractivity contribution in [2.24, 2.45) is 0 Å². The van der Waals surface area contributed by atoms with Crippen molar-refractivity contribution in [2.45, 2.75) is 13.0 Å². The number of benzene rings is 2. The van der Waals surface area contributed by atoms with E-state index in [1.807, 2.05) is 0 Å². The normalized spacial score (nSPS) is 15.5. The van der Waals surface area contributed by atoms with Gasteiger partial charge < -0.3 is 8.94 Å². The van der Waals surface area contributed by atoms with E-state index in [9.17, 15) is 19.7 Å². The van der Waals surface area contributed by atoms with Gasteiger partial charge in [0, 0.05) is 22.7 Å². The van der Waals surface area contributed by atoms with Gasteiger partial charge in [-0.05, 0) is 42.8 Å². The summed E-state index contributed by atoms with van der Waals surface area (Å²) in [6.45, 7) is 1.68. The zero-order valence-electron chi connectivity index (χ0n) is 15.9. The second-order valence-corrected chi connectivity index (χ2v) is 7.95. The minimum atomic E-state index is -0.882. The van der Waals surface area contributed by atoms with Crippen LogP contribution in [0.15, 0.2) is 66.7 Å². The predicted octanol–water partition coefficient (Wildman–Crippen LogP) is 4.51. The summed E-state index contributed by atoms with van der Waals surface area (Å²) >= 11 is 3.35. The molecule has 2 aromatic heterocycles. The van der Waals surface area contributed by atoms with Gasteiger partial charge in [0.15, 0.2) is 11.2 Å². The van der Waals surface area contributed by atoms with Crippen molar-refractivity contribution in [1.82, 2.24) is 5.16 Å².